The second-order valence-electron chi connectivity index (χ2n) is 5.97. The number of aliphatic carboxylic acids is 1. The minimum Gasteiger partial charge on any atom is -0.481 e. The summed E-state index contributed by atoms with van der Waals surface area (Å²) in [7, 11) is 0. The standard InChI is InChI=1S/C14H19NO3/c1-14(2,3)11-7-4-9(8-12(16)17)13(18)15(11)10-5-6-10/h4,7,10H,5-6,8H2,1-3H3,(H,16,17). The summed E-state index contributed by atoms with van der Waals surface area (Å²) in [6.07, 6.45) is 1.83. The monoisotopic (exact) mass is 249 g/mol. The molecule has 0 amide bonds. The van der Waals surface area contributed by atoms with Crippen molar-refractivity contribution in [1.82, 2.24) is 4.57 Å². The zero-order valence-corrected chi connectivity index (χ0v) is 11.1. The molecule has 1 N–H and O–H groups in total. The summed E-state index contributed by atoms with van der Waals surface area (Å²) in [6.45, 7) is 6.20. The van der Waals surface area contributed by atoms with Crippen LogP contribution in [0.3, 0.4) is 0 Å². The van der Waals surface area contributed by atoms with Gasteiger partial charge in [-0.05, 0) is 18.9 Å². The van der Waals surface area contributed by atoms with Crippen molar-refractivity contribution in [1.29, 1.82) is 0 Å². The third kappa shape index (κ3) is 2.47. The zero-order chi connectivity index (χ0) is 13.5. The van der Waals surface area contributed by atoms with Gasteiger partial charge in [-0.3, -0.25) is 9.59 Å². The Morgan fingerprint density at radius 2 is 2.00 bits per heavy atom. The normalized spacial score (nSPS) is 15.7. The summed E-state index contributed by atoms with van der Waals surface area (Å²) in [5.41, 5.74) is 1.13. The molecule has 0 spiro atoms. The Morgan fingerprint density at radius 1 is 1.39 bits per heavy atom. The zero-order valence-electron chi connectivity index (χ0n) is 11.1. The molecule has 0 atom stereocenters. The van der Waals surface area contributed by atoms with Crippen molar-refractivity contribution < 1.29 is 9.90 Å². The fraction of sp³-hybridized carbons (Fsp3) is 0.571. The molecule has 98 valence electrons. The number of pyridine rings is 1. The first-order valence-corrected chi connectivity index (χ1v) is 6.27. The van der Waals surface area contributed by atoms with Crippen molar-refractivity contribution in [3.63, 3.8) is 0 Å². The van der Waals surface area contributed by atoms with Crippen molar-refractivity contribution in [2.45, 2.75) is 51.5 Å². The van der Waals surface area contributed by atoms with Crippen LogP contribution in [0.25, 0.3) is 0 Å². The number of carboxylic acids is 1. The van der Waals surface area contributed by atoms with E-state index in [1.807, 2.05) is 6.07 Å². The van der Waals surface area contributed by atoms with Gasteiger partial charge in [0.25, 0.3) is 5.56 Å². The van der Waals surface area contributed by atoms with Crippen LogP contribution < -0.4 is 5.56 Å². The molecule has 0 aliphatic heterocycles. The van der Waals surface area contributed by atoms with Crippen LogP contribution in [0, 0.1) is 0 Å². The van der Waals surface area contributed by atoms with Gasteiger partial charge in [-0.15, -0.1) is 0 Å². The third-order valence-corrected chi connectivity index (χ3v) is 3.22. The number of carbonyl (C=O) groups is 1. The fourth-order valence-electron chi connectivity index (χ4n) is 2.20. The molecule has 0 aromatic carbocycles. The SMILES string of the molecule is CC(C)(C)c1ccc(CC(=O)O)c(=O)n1C1CC1. The molecule has 0 radical (unpaired) electrons. The van der Waals surface area contributed by atoms with Gasteiger partial charge >= 0.3 is 5.97 Å². The Morgan fingerprint density at radius 3 is 2.44 bits per heavy atom. The van der Waals surface area contributed by atoms with Gasteiger partial charge in [0, 0.05) is 22.7 Å². The highest BCUT2D eigenvalue weighted by Crippen LogP contribution is 2.37. The fourth-order valence-corrected chi connectivity index (χ4v) is 2.20. The van der Waals surface area contributed by atoms with Gasteiger partial charge in [-0.1, -0.05) is 26.8 Å². The third-order valence-electron chi connectivity index (χ3n) is 3.22. The van der Waals surface area contributed by atoms with Gasteiger partial charge in [-0.2, -0.15) is 0 Å². The topological polar surface area (TPSA) is 59.3 Å². The van der Waals surface area contributed by atoms with Gasteiger partial charge in [0.1, 0.15) is 0 Å². The number of aromatic nitrogens is 1. The van der Waals surface area contributed by atoms with E-state index in [0.29, 0.717) is 5.56 Å². The molecule has 1 aromatic heterocycles. The van der Waals surface area contributed by atoms with Crippen LogP contribution in [0.5, 0.6) is 0 Å². The second kappa shape index (κ2) is 4.26. The molecule has 1 saturated carbocycles. The van der Waals surface area contributed by atoms with E-state index in [0.717, 1.165) is 18.5 Å². The molecule has 1 aliphatic rings. The Hall–Kier alpha value is -1.58. The summed E-state index contributed by atoms with van der Waals surface area (Å²) in [6, 6.07) is 3.83. The average molecular weight is 249 g/mol. The summed E-state index contributed by atoms with van der Waals surface area (Å²) in [4.78, 5) is 23.1. The predicted octanol–water partition coefficient (Wildman–Crippen LogP) is 2.11. The smallest absolute Gasteiger partial charge is 0.308 e. The van der Waals surface area contributed by atoms with Gasteiger partial charge in [0.15, 0.2) is 0 Å². The molecule has 0 saturated heterocycles. The second-order valence-corrected chi connectivity index (χ2v) is 5.97. The molecule has 1 fully saturated rings. The lowest BCUT2D eigenvalue weighted by molar-refractivity contribution is -0.136. The summed E-state index contributed by atoms with van der Waals surface area (Å²) >= 11 is 0. The Labute approximate surface area is 106 Å². The maximum atomic E-state index is 12.4. The lowest BCUT2D eigenvalue weighted by Gasteiger charge is -2.24. The largest absolute Gasteiger partial charge is 0.481 e. The Bertz CT molecular complexity index is 533. The molecular formula is C14H19NO3. The molecule has 1 heterocycles. The molecule has 1 aliphatic carbocycles. The maximum Gasteiger partial charge on any atom is 0.308 e. The minimum absolute atomic E-state index is 0.108. The van der Waals surface area contributed by atoms with Crippen LogP contribution >= 0.6 is 0 Å². The van der Waals surface area contributed by atoms with Crippen LogP contribution in [0.4, 0.5) is 0 Å². The molecule has 4 nitrogen and oxygen atoms in total. The van der Waals surface area contributed by atoms with E-state index in [9.17, 15) is 9.59 Å². The van der Waals surface area contributed by atoms with E-state index in [1.165, 1.54) is 0 Å². The lowest BCUT2D eigenvalue weighted by atomic mass is 9.90. The van der Waals surface area contributed by atoms with Crippen LogP contribution in [0.15, 0.2) is 16.9 Å². The molecule has 18 heavy (non-hydrogen) atoms. The first-order chi connectivity index (χ1) is 8.30. The Balaban J connectivity index is 2.55. The van der Waals surface area contributed by atoms with Gasteiger partial charge in [0.05, 0.1) is 6.42 Å². The van der Waals surface area contributed by atoms with Gasteiger partial charge in [-0.25, -0.2) is 0 Å². The number of carboxylic acid groups (broad SMARTS) is 1. The maximum absolute atomic E-state index is 12.4. The highest BCUT2D eigenvalue weighted by molar-refractivity contribution is 5.70. The van der Waals surface area contributed by atoms with Crippen LogP contribution in [-0.4, -0.2) is 15.6 Å². The Kier molecular flexibility index (Phi) is 3.05. The van der Waals surface area contributed by atoms with Crippen molar-refractivity contribution in [2.24, 2.45) is 0 Å². The summed E-state index contributed by atoms with van der Waals surface area (Å²) in [5.74, 6) is -0.960. The summed E-state index contributed by atoms with van der Waals surface area (Å²) < 4.78 is 1.80. The highest BCUT2D eigenvalue weighted by Gasteiger charge is 2.31. The first kappa shape index (κ1) is 12.9. The molecule has 1 aromatic rings. The number of hydrogen-bond donors (Lipinski definition) is 1. The number of rotatable bonds is 3. The predicted molar refractivity (Wildman–Crippen MR) is 69.0 cm³/mol. The van der Waals surface area contributed by atoms with Crippen molar-refractivity contribution in [3.05, 3.63) is 33.7 Å². The lowest BCUT2D eigenvalue weighted by Crippen LogP contribution is -2.31. The van der Waals surface area contributed by atoms with E-state index in [-0.39, 0.29) is 23.4 Å². The highest BCUT2D eigenvalue weighted by atomic mass is 16.4. The van der Waals surface area contributed by atoms with E-state index in [4.69, 9.17) is 5.11 Å². The van der Waals surface area contributed by atoms with Crippen molar-refractivity contribution >= 4 is 5.97 Å². The van der Waals surface area contributed by atoms with Crippen molar-refractivity contribution in [2.75, 3.05) is 0 Å². The van der Waals surface area contributed by atoms with Crippen LogP contribution in [0.2, 0.25) is 0 Å². The minimum atomic E-state index is -0.960. The molecule has 0 unspecified atom stereocenters. The van der Waals surface area contributed by atoms with Crippen molar-refractivity contribution in [3.8, 4) is 0 Å². The molecule has 0 bridgehead atoms. The van der Waals surface area contributed by atoms with E-state index >= 15 is 0 Å². The quantitative estimate of drug-likeness (QED) is 0.892. The first-order valence-electron chi connectivity index (χ1n) is 6.27. The number of nitrogens with zero attached hydrogens (tertiary/aromatic N) is 1. The van der Waals surface area contributed by atoms with Gasteiger partial charge in [0.2, 0.25) is 0 Å². The van der Waals surface area contributed by atoms with E-state index < -0.39 is 5.97 Å². The molecule has 4 heteroatoms. The summed E-state index contributed by atoms with van der Waals surface area (Å²) in [5, 5.41) is 8.82. The van der Waals surface area contributed by atoms with Gasteiger partial charge < -0.3 is 9.67 Å². The van der Waals surface area contributed by atoms with Crippen LogP contribution in [0.1, 0.15) is 50.9 Å². The average Bonchev–Trinajstić information content (AvgIpc) is 3.02. The van der Waals surface area contributed by atoms with E-state index in [1.54, 1.807) is 10.6 Å². The van der Waals surface area contributed by atoms with E-state index in [2.05, 4.69) is 20.8 Å². The number of hydrogen-bond acceptors (Lipinski definition) is 2. The molecule has 2 rings (SSSR count). The van der Waals surface area contributed by atoms with Crippen LogP contribution in [-0.2, 0) is 16.6 Å². The molecular weight excluding hydrogens is 230 g/mol.